The molecule has 0 unspecified atom stereocenters. The van der Waals surface area contributed by atoms with E-state index in [1.165, 1.54) is 6.92 Å². The molecule has 1 saturated heterocycles. The van der Waals surface area contributed by atoms with Gasteiger partial charge in [0, 0.05) is 38.5 Å². The maximum Gasteiger partial charge on any atom is 0.269 e. The third-order valence-electron chi connectivity index (χ3n) is 5.26. The highest BCUT2D eigenvalue weighted by molar-refractivity contribution is 5.98. The SMILES string of the molecule is CNC(=O)c1[nH]c(C2CCN(C(=O)CNC(C)=O)CC2)nc1-c1ccc(OC)cc1. The summed E-state index contributed by atoms with van der Waals surface area (Å²) in [6.07, 6.45) is 1.46. The van der Waals surface area contributed by atoms with Crippen molar-refractivity contribution in [2.75, 3.05) is 33.8 Å². The minimum Gasteiger partial charge on any atom is -0.497 e. The van der Waals surface area contributed by atoms with Gasteiger partial charge in [0.05, 0.1) is 13.7 Å². The molecule has 0 saturated carbocycles. The Morgan fingerprint density at radius 3 is 2.43 bits per heavy atom. The number of hydrogen-bond donors (Lipinski definition) is 3. The van der Waals surface area contributed by atoms with E-state index in [2.05, 4.69) is 15.6 Å². The first-order valence-corrected chi connectivity index (χ1v) is 9.91. The number of imidazole rings is 1. The molecule has 160 valence electrons. The zero-order valence-electron chi connectivity index (χ0n) is 17.4. The average Bonchev–Trinajstić information content (AvgIpc) is 3.22. The molecule has 3 amide bonds. The Balaban J connectivity index is 1.75. The minimum atomic E-state index is -0.234. The van der Waals surface area contributed by atoms with Crippen molar-refractivity contribution in [1.29, 1.82) is 0 Å². The Hall–Kier alpha value is -3.36. The lowest BCUT2D eigenvalue weighted by atomic mass is 9.96. The molecule has 1 aromatic heterocycles. The maximum absolute atomic E-state index is 12.4. The summed E-state index contributed by atoms with van der Waals surface area (Å²) in [5, 5.41) is 5.19. The number of nitrogens with one attached hydrogen (secondary N) is 3. The van der Waals surface area contributed by atoms with E-state index in [4.69, 9.17) is 9.72 Å². The number of carbonyl (C=O) groups excluding carboxylic acids is 3. The summed E-state index contributed by atoms with van der Waals surface area (Å²) in [5.41, 5.74) is 1.83. The number of hydrogen-bond acceptors (Lipinski definition) is 5. The lowest BCUT2D eigenvalue weighted by molar-refractivity contribution is -0.133. The molecule has 3 N–H and O–H groups in total. The molecule has 0 atom stereocenters. The van der Waals surface area contributed by atoms with Gasteiger partial charge in [-0.2, -0.15) is 0 Å². The Morgan fingerprint density at radius 1 is 1.20 bits per heavy atom. The van der Waals surface area contributed by atoms with E-state index < -0.39 is 0 Å². The quantitative estimate of drug-likeness (QED) is 0.660. The number of benzene rings is 1. The molecule has 1 aliphatic heterocycles. The van der Waals surface area contributed by atoms with Gasteiger partial charge in [-0.05, 0) is 37.1 Å². The smallest absolute Gasteiger partial charge is 0.269 e. The summed E-state index contributed by atoms with van der Waals surface area (Å²) in [6.45, 7) is 2.57. The number of amides is 3. The van der Waals surface area contributed by atoms with Gasteiger partial charge in [-0.1, -0.05) is 0 Å². The van der Waals surface area contributed by atoms with Crippen LogP contribution in [-0.2, 0) is 9.59 Å². The van der Waals surface area contributed by atoms with Gasteiger partial charge in [-0.15, -0.1) is 0 Å². The largest absolute Gasteiger partial charge is 0.497 e. The van der Waals surface area contributed by atoms with Gasteiger partial charge in [-0.3, -0.25) is 14.4 Å². The number of aromatic amines is 1. The van der Waals surface area contributed by atoms with Gasteiger partial charge < -0.3 is 25.3 Å². The van der Waals surface area contributed by atoms with Gasteiger partial charge in [0.25, 0.3) is 5.91 Å². The average molecular weight is 413 g/mol. The summed E-state index contributed by atoms with van der Waals surface area (Å²) in [5.74, 6) is 1.04. The van der Waals surface area contributed by atoms with Crippen LogP contribution in [0.25, 0.3) is 11.3 Å². The molecular formula is C21H27N5O4. The lowest BCUT2D eigenvalue weighted by Crippen LogP contribution is -2.43. The van der Waals surface area contributed by atoms with E-state index in [0.717, 1.165) is 30.0 Å². The van der Waals surface area contributed by atoms with Crippen molar-refractivity contribution in [3.05, 3.63) is 35.8 Å². The highest BCUT2D eigenvalue weighted by atomic mass is 16.5. The lowest BCUT2D eigenvalue weighted by Gasteiger charge is -2.31. The van der Waals surface area contributed by atoms with Gasteiger partial charge >= 0.3 is 0 Å². The molecule has 30 heavy (non-hydrogen) atoms. The number of carbonyl (C=O) groups is 3. The van der Waals surface area contributed by atoms with Gasteiger partial charge in [0.1, 0.15) is 23.0 Å². The minimum absolute atomic E-state index is 0.0171. The number of aromatic nitrogens is 2. The molecule has 2 aromatic rings. The van der Waals surface area contributed by atoms with E-state index in [0.29, 0.717) is 24.5 Å². The number of nitrogens with zero attached hydrogens (tertiary/aromatic N) is 2. The van der Waals surface area contributed by atoms with Crippen molar-refractivity contribution >= 4 is 17.7 Å². The van der Waals surface area contributed by atoms with E-state index in [1.807, 2.05) is 24.3 Å². The van der Waals surface area contributed by atoms with E-state index >= 15 is 0 Å². The molecule has 0 radical (unpaired) electrons. The van der Waals surface area contributed by atoms with Crippen LogP contribution in [-0.4, -0.2) is 66.4 Å². The van der Waals surface area contributed by atoms with Crippen LogP contribution >= 0.6 is 0 Å². The fourth-order valence-electron chi connectivity index (χ4n) is 3.55. The molecule has 1 aliphatic rings. The normalized spacial score (nSPS) is 14.3. The van der Waals surface area contributed by atoms with Gasteiger partial charge in [0.15, 0.2) is 0 Å². The van der Waals surface area contributed by atoms with Crippen LogP contribution in [0.5, 0.6) is 5.75 Å². The van der Waals surface area contributed by atoms with Crippen molar-refractivity contribution in [2.45, 2.75) is 25.7 Å². The van der Waals surface area contributed by atoms with Crippen LogP contribution in [0.4, 0.5) is 0 Å². The molecule has 0 spiro atoms. The molecule has 1 fully saturated rings. The third-order valence-corrected chi connectivity index (χ3v) is 5.26. The second kappa shape index (κ2) is 9.43. The van der Waals surface area contributed by atoms with Crippen LogP contribution < -0.4 is 15.4 Å². The number of ether oxygens (including phenoxy) is 1. The summed E-state index contributed by atoms with van der Waals surface area (Å²) in [6, 6.07) is 7.40. The molecule has 1 aromatic carbocycles. The zero-order chi connectivity index (χ0) is 21.7. The summed E-state index contributed by atoms with van der Waals surface area (Å²) >= 11 is 0. The number of piperidine rings is 1. The summed E-state index contributed by atoms with van der Waals surface area (Å²) in [4.78, 5) is 45.3. The standard InChI is InChI=1S/C21H27N5O4/c1-13(27)23-12-17(28)26-10-8-15(9-11-26)20-24-18(19(25-20)21(29)22-2)14-4-6-16(30-3)7-5-14/h4-7,15H,8-12H2,1-3H3,(H,22,29)(H,23,27)(H,24,25). The van der Waals surface area contributed by atoms with Crippen LogP contribution in [0.15, 0.2) is 24.3 Å². The van der Waals surface area contributed by atoms with Crippen LogP contribution in [0.2, 0.25) is 0 Å². The Bertz CT molecular complexity index is 914. The first-order chi connectivity index (χ1) is 14.4. The van der Waals surface area contributed by atoms with Crippen molar-refractivity contribution < 1.29 is 19.1 Å². The molecule has 0 aliphatic carbocycles. The number of rotatable bonds is 6. The van der Waals surface area contributed by atoms with Crippen molar-refractivity contribution in [3.63, 3.8) is 0 Å². The number of methoxy groups -OCH3 is 1. The highest BCUT2D eigenvalue weighted by Crippen LogP contribution is 2.31. The van der Waals surface area contributed by atoms with E-state index in [-0.39, 0.29) is 30.2 Å². The van der Waals surface area contributed by atoms with Crippen LogP contribution in [0, 0.1) is 0 Å². The topological polar surface area (TPSA) is 116 Å². The van der Waals surface area contributed by atoms with Crippen molar-refractivity contribution in [3.8, 4) is 17.0 Å². The molecule has 0 bridgehead atoms. The second-order valence-electron chi connectivity index (χ2n) is 7.22. The molecule has 9 heteroatoms. The predicted molar refractivity (Wildman–Crippen MR) is 111 cm³/mol. The molecule has 9 nitrogen and oxygen atoms in total. The van der Waals surface area contributed by atoms with Crippen molar-refractivity contribution in [1.82, 2.24) is 25.5 Å². The predicted octanol–water partition coefficient (Wildman–Crippen LogP) is 1.29. The Kier molecular flexibility index (Phi) is 6.71. The second-order valence-corrected chi connectivity index (χ2v) is 7.22. The monoisotopic (exact) mass is 413 g/mol. The zero-order valence-corrected chi connectivity index (χ0v) is 17.4. The third kappa shape index (κ3) is 4.79. The molecule has 3 rings (SSSR count). The van der Waals surface area contributed by atoms with Crippen molar-refractivity contribution in [2.24, 2.45) is 0 Å². The van der Waals surface area contributed by atoms with Crippen LogP contribution in [0.3, 0.4) is 0 Å². The molecular weight excluding hydrogens is 386 g/mol. The fraction of sp³-hybridized carbons (Fsp3) is 0.429. The highest BCUT2D eigenvalue weighted by Gasteiger charge is 2.28. The summed E-state index contributed by atoms with van der Waals surface area (Å²) < 4.78 is 5.20. The Labute approximate surface area is 175 Å². The van der Waals surface area contributed by atoms with E-state index in [9.17, 15) is 14.4 Å². The van der Waals surface area contributed by atoms with Gasteiger partial charge in [0.2, 0.25) is 11.8 Å². The van der Waals surface area contributed by atoms with Crippen LogP contribution in [0.1, 0.15) is 42.0 Å². The molecule has 2 heterocycles. The van der Waals surface area contributed by atoms with E-state index in [1.54, 1.807) is 19.1 Å². The number of likely N-dealkylation sites (tertiary alicyclic amines) is 1. The number of H-pyrrole nitrogens is 1. The summed E-state index contributed by atoms with van der Waals surface area (Å²) in [7, 11) is 3.19. The Morgan fingerprint density at radius 2 is 1.87 bits per heavy atom. The van der Waals surface area contributed by atoms with Gasteiger partial charge in [-0.25, -0.2) is 4.98 Å². The fourth-order valence-corrected chi connectivity index (χ4v) is 3.55. The first kappa shape index (κ1) is 21.4. The first-order valence-electron chi connectivity index (χ1n) is 9.91. The maximum atomic E-state index is 12.4.